The molecule has 1 aromatic heterocycles. The number of hydrogen-bond donors (Lipinski definition) is 3. The lowest BCUT2D eigenvalue weighted by molar-refractivity contribution is 0.0697. The van der Waals surface area contributed by atoms with Crippen LogP contribution in [-0.2, 0) is 0 Å². The number of hydrogen-bond acceptors (Lipinski definition) is 4. The lowest BCUT2D eigenvalue weighted by Gasteiger charge is -2.20. The molecule has 1 fully saturated rings. The topological polar surface area (TPSA) is 104 Å². The highest BCUT2D eigenvalue weighted by Gasteiger charge is 2.34. The average Bonchev–Trinajstić information content (AvgIpc) is 3.74. The van der Waals surface area contributed by atoms with Crippen molar-refractivity contribution in [1.82, 2.24) is 15.3 Å². The number of carbonyl (C=O) groups is 2. The number of nitrogens with one attached hydrogen (secondary N) is 2. The minimum absolute atomic E-state index is 0.0391. The minimum Gasteiger partial charge on any atom is -0.494 e. The van der Waals surface area contributed by atoms with Gasteiger partial charge in [-0.3, -0.25) is 4.79 Å². The summed E-state index contributed by atoms with van der Waals surface area (Å²) in [6.45, 7) is 0. The van der Waals surface area contributed by atoms with Crippen LogP contribution in [0.5, 0.6) is 5.75 Å². The van der Waals surface area contributed by atoms with E-state index in [1.165, 1.54) is 43.5 Å². The number of aromatic carboxylic acids is 1. The van der Waals surface area contributed by atoms with Gasteiger partial charge in [-0.25, -0.2) is 18.6 Å². The Morgan fingerprint density at radius 1 is 1.05 bits per heavy atom. The molecule has 1 heterocycles. The largest absolute Gasteiger partial charge is 0.494 e. The predicted octanol–water partition coefficient (Wildman–Crippen LogP) is 7.42. The standard InChI is InChI=1S/C32H24ClF2N3O4/c1-42-27-15-26-25(14-24(27)35)36-30(37-26)21-3-2-4-23(33)28(21)20-12-9-18(13-22(20)32(40)41)31(39)38-29(16-5-6-16)17-7-10-19(34)11-8-17/h2-4,7-16,29H,5-6H2,1H3,(H,36,37)(H,38,39)(H,40,41)/t29-/m0/s1. The maximum absolute atomic E-state index is 14.3. The van der Waals surface area contributed by atoms with Crippen molar-refractivity contribution in [2.45, 2.75) is 18.9 Å². The van der Waals surface area contributed by atoms with Crippen molar-refractivity contribution in [2.75, 3.05) is 7.11 Å². The fourth-order valence-corrected chi connectivity index (χ4v) is 5.44. The van der Waals surface area contributed by atoms with Gasteiger partial charge in [0.05, 0.1) is 29.7 Å². The molecule has 0 spiro atoms. The minimum atomic E-state index is -1.25. The Bertz CT molecular complexity index is 1850. The molecule has 212 valence electrons. The van der Waals surface area contributed by atoms with Gasteiger partial charge in [-0.1, -0.05) is 41.9 Å². The van der Waals surface area contributed by atoms with Gasteiger partial charge in [-0.05, 0) is 60.2 Å². The SMILES string of the molecule is COc1cc2nc(-c3cccc(Cl)c3-c3ccc(C(=O)N[C@H](c4ccc(F)cc4)C4CC4)cc3C(=O)O)[nH]c2cc1F. The summed E-state index contributed by atoms with van der Waals surface area (Å²) in [5, 5.41) is 13.4. The highest BCUT2D eigenvalue weighted by atomic mass is 35.5. The molecule has 0 saturated heterocycles. The van der Waals surface area contributed by atoms with Crippen molar-refractivity contribution >= 4 is 34.5 Å². The van der Waals surface area contributed by atoms with Gasteiger partial charge < -0.3 is 20.1 Å². The van der Waals surface area contributed by atoms with Gasteiger partial charge in [0.25, 0.3) is 5.91 Å². The summed E-state index contributed by atoms with van der Waals surface area (Å²) in [5.74, 6) is -2.01. The number of aromatic amines is 1. The number of halogens is 3. The number of nitrogens with zero attached hydrogens (tertiary/aromatic N) is 1. The number of ether oxygens (including phenoxy) is 1. The van der Waals surface area contributed by atoms with E-state index in [0.717, 1.165) is 18.4 Å². The lowest BCUT2D eigenvalue weighted by Crippen LogP contribution is -2.30. The van der Waals surface area contributed by atoms with E-state index in [2.05, 4.69) is 15.3 Å². The molecule has 6 rings (SSSR count). The molecule has 1 atom stereocenters. The van der Waals surface area contributed by atoms with E-state index in [0.29, 0.717) is 28.0 Å². The Balaban J connectivity index is 1.39. The number of amides is 1. The van der Waals surface area contributed by atoms with E-state index >= 15 is 0 Å². The Morgan fingerprint density at radius 3 is 2.50 bits per heavy atom. The highest BCUT2D eigenvalue weighted by molar-refractivity contribution is 6.34. The third-order valence-electron chi connectivity index (χ3n) is 7.41. The number of carboxylic acids is 1. The van der Waals surface area contributed by atoms with E-state index in [-0.39, 0.29) is 45.2 Å². The number of benzene rings is 4. The molecule has 0 bridgehead atoms. The third-order valence-corrected chi connectivity index (χ3v) is 7.73. The van der Waals surface area contributed by atoms with Crippen LogP contribution in [0.4, 0.5) is 8.78 Å². The molecule has 1 aliphatic rings. The Labute approximate surface area is 244 Å². The first-order valence-electron chi connectivity index (χ1n) is 13.2. The summed E-state index contributed by atoms with van der Waals surface area (Å²) in [7, 11) is 1.36. The summed E-state index contributed by atoms with van der Waals surface area (Å²) >= 11 is 6.63. The van der Waals surface area contributed by atoms with Crippen molar-refractivity contribution in [3.63, 3.8) is 0 Å². The van der Waals surface area contributed by atoms with Crippen LogP contribution < -0.4 is 10.1 Å². The van der Waals surface area contributed by atoms with Crippen LogP contribution >= 0.6 is 11.6 Å². The van der Waals surface area contributed by atoms with Crippen LogP contribution in [0.1, 0.15) is 45.2 Å². The first kappa shape index (κ1) is 27.4. The number of carboxylic acid groups (broad SMARTS) is 1. The molecule has 0 unspecified atom stereocenters. The monoisotopic (exact) mass is 587 g/mol. The lowest BCUT2D eigenvalue weighted by atomic mass is 9.93. The van der Waals surface area contributed by atoms with Gasteiger partial charge in [0.2, 0.25) is 0 Å². The van der Waals surface area contributed by atoms with E-state index in [4.69, 9.17) is 16.3 Å². The highest BCUT2D eigenvalue weighted by Crippen LogP contribution is 2.42. The van der Waals surface area contributed by atoms with Gasteiger partial charge in [-0.2, -0.15) is 0 Å². The molecule has 1 saturated carbocycles. The number of fused-ring (bicyclic) bond motifs is 1. The summed E-state index contributed by atoms with van der Waals surface area (Å²) in [4.78, 5) is 33.5. The first-order chi connectivity index (χ1) is 20.2. The molecule has 1 amide bonds. The van der Waals surface area contributed by atoms with Crippen molar-refractivity contribution in [1.29, 1.82) is 0 Å². The van der Waals surface area contributed by atoms with Gasteiger partial charge in [0.1, 0.15) is 11.6 Å². The second-order valence-electron chi connectivity index (χ2n) is 10.2. The van der Waals surface area contributed by atoms with E-state index < -0.39 is 17.7 Å². The molecule has 7 nitrogen and oxygen atoms in total. The summed E-state index contributed by atoms with van der Waals surface area (Å²) in [6, 6.07) is 17.8. The average molecular weight is 588 g/mol. The molecular weight excluding hydrogens is 564 g/mol. The molecule has 4 aromatic carbocycles. The van der Waals surface area contributed by atoms with Gasteiger partial charge >= 0.3 is 5.97 Å². The maximum Gasteiger partial charge on any atom is 0.336 e. The smallest absolute Gasteiger partial charge is 0.336 e. The zero-order valence-electron chi connectivity index (χ0n) is 22.3. The van der Waals surface area contributed by atoms with Crippen molar-refractivity contribution < 1.29 is 28.2 Å². The van der Waals surface area contributed by atoms with Gasteiger partial charge in [0, 0.05) is 33.8 Å². The molecule has 10 heteroatoms. The zero-order valence-corrected chi connectivity index (χ0v) is 23.0. The van der Waals surface area contributed by atoms with E-state index in [1.807, 2.05) is 0 Å². The van der Waals surface area contributed by atoms with E-state index in [1.54, 1.807) is 36.4 Å². The second kappa shape index (κ2) is 10.9. The van der Waals surface area contributed by atoms with Crippen LogP contribution in [0.25, 0.3) is 33.5 Å². The summed E-state index contributed by atoms with van der Waals surface area (Å²) in [6.07, 6.45) is 1.86. The maximum atomic E-state index is 14.3. The zero-order chi connectivity index (χ0) is 29.5. The molecule has 1 aliphatic carbocycles. The predicted molar refractivity (Wildman–Crippen MR) is 155 cm³/mol. The van der Waals surface area contributed by atoms with Crippen molar-refractivity contribution in [2.24, 2.45) is 5.92 Å². The molecular formula is C32H24ClF2N3O4. The van der Waals surface area contributed by atoms with Gasteiger partial charge in [0.15, 0.2) is 11.6 Å². The Hall–Kier alpha value is -4.76. The fourth-order valence-electron chi connectivity index (χ4n) is 5.17. The van der Waals surface area contributed by atoms with Crippen molar-refractivity contribution in [3.8, 4) is 28.3 Å². The van der Waals surface area contributed by atoms with Crippen LogP contribution in [0.2, 0.25) is 5.02 Å². The van der Waals surface area contributed by atoms with Crippen molar-refractivity contribution in [3.05, 3.63) is 106 Å². The number of methoxy groups -OCH3 is 1. The number of H-pyrrole nitrogens is 1. The second-order valence-corrected chi connectivity index (χ2v) is 10.6. The van der Waals surface area contributed by atoms with Crippen LogP contribution in [0.15, 0.2) is 72.8 Å². The quantitative estimate of drug-likeness (QED) is 0.175. The normalized spacial score (nSPS) is 13.6. The molecule has 3 N–H and O–H groups in total. The van der Waals surface area contributed by atoms with Crippen LogP contribution in [0, 0.1) is 17.6 Å². The Kier molecular flexibility index (Phi) is 7.12. The fraction of sp³-hybridized carbons (Fsp3) is 0.156. The van der Waals surface area contributed by atoms with E-state index in [9.17, 15) is 23.5 Å². The number of carbonyl (C=O) groups excluding carboxylic acids is 1. The van der Waals surface area contributed by atoms with Gasteiger partial charge in [-0.15, -0.1) is 0 Å². The van der Waals surface area contributed by atoms with Crippen LogP contribution in [-0.4, -0.2) is 34.1 Å². The Morgan fingerprint density at radius 2 is 1.81 bits per heavy atom. The molecule has 0 aliphatic heterocycles. The molecule has 0 radical (unpaired) electrons. The number of rotatable bonds is 8. The van der Waals surface area contributed by atoms with Crippen LogP contribution in [0.3, 0.4) is 0 Å². The summed E-state index contributed by atoms with van der Waals surface area (Å²) in [5.41, 5.74) is 2.83. The first-order valence-corrected chi connectivity index (χ1v) is 13.6. The molecule has 5 aromatic rings. The summed E-state index contributed by atoms with van der Waals surface area (Å²) < 4.78 is 32.9. The number of aromatic nitrogens is 2. The molecule has 42 heavy (non-hydrogen) atoms. The number of imidazole rings is 1. The third kappa shape index (κ3) is 5.19.